The molecule has 5 heteroatoms. The molecule has 2 N–H and O–H groups in total. The third-order valence-corrected chi connectivity index (χ3v) is 4.91. The van der Waals surface area contributed by atoms with E-state index in [1.54, 1.807) is 6.26 Å². The first-order valence-electron chi connectivity index (χ1n) is 7.59. The van der Waals surface area contributed by atoms with Gasteiger partial charge in [-0.05, 0) is 50.8 Å². The SMILES string of the molecule is CC1=C2COC=C2CC(=O)C1C(O)CC1CCNCC1.Cl. The molecule has 3 rings (SSSR count). The lowest BCUT2D eigenvalue weighted by atomic mass is 9.75. The number of hydrogen-bond acceptors (Lipinski definition) is 4. The Morgan fingerprint density at radius 1 is 1.43 bits per heavy atom. The van der Waals surface area contributed by atoms with Crippen molar-refractivity contribution in [1.82, 2.24) is 5.32 Å². The van der Waals surface area contributed by atoms with Gasteiger partial charge in [0, 0.05) is 12.0 Å². The third-order valence-electron chi connectivity index (χ3n) is 4.91. The molecular formula is C16H24ClNO3. The van der Waals surface area contributed by atoms with E-state index in [-0.39, 0.29) is 24.1 Å². The molecule has 21 heavy (non-hydrogen) atoms. The van der Waals surface area contributed by atoms with Gasteiger partial charge < -0.3 is 15.2 Å². The number of hydrogen-bond donors (Lipinski definition) is 2. The molecule has 0 aromatic rings. The molecule has 0 aromatic carbocycles. The van der Waals surface area contributed by atoms with E-state index in [0.717, 1.165) is 49.1 Å². The third kappa shape index (κ3) is 3.33. The van der Waals surface area contributed by atoms with Crippen LogP contribution < -0.4 is 5.32 Å². The van der Waals surface area contributed by atoms with Gasteiger partial charge in [-0.3, -0.25) is 4.79 Å². The maximum atomic E-state index is 12.3. The Morgan fingerprint density at radius 3 is 2.86 bits per heavy atom. The number of aliphatic hydroxyl groups is 1. The van der Waals surface area contributed by atoms with Crippen molar-refractivity contribution < 1.29 is 14.6 Å². The van der Waals surface area contributed by atoms with Crippen LogP contribution in [0.5, 0.6) is 0 Å². The molecule has 0 bridgehead atoms. The van der Waals surface area contributed by atoms with Crippen molar-refractivity contribution in [2.45, 2.75) is 38.7 Å². The molecule has 0 amide bonds. The number of Topliss-reactive ketones (excluding diaryl/α,β-unsaturated/α-hetero) is 1. The second-order valence-electron chi connectivity index (χ2n) is 6.23. The van der Waals surface area contributed by atoms with Crippen molar-refractivity contribution in [3.63, 3.8) is 0 Å². The lowest BCUT2D eigenvalue weighted by Gasteiger charge is -2.31. The second-order valence-corrected chi connectivity index (χ2v) is 6.23. The average molecular weight is 314 g/mol. The summed E-state index contributed by atoms with van der Waals surface area (Å²) in [5.41, 5.74) is 3.17. The van der Waals surface area contributed by atoms with Crippen molar-refractivity contribution in [2.24, 2.45) is 11.8 Å². The van der Waals surface area contributed by atoms with Gasteiger partial charge in [-0.25, -0.2) is 0 Å². The molecule has 0 saturated carbocycles. The minimum Gasteiger partial charge on any atom is -0.496 e. The Bertz CT molecular complexity index is 466. The van der Waals surface area contributed by atoms with Crippen molar-refractivity contribution >= 4 is 18.2 Å². The highest BCUT2D eigenvalue weighted by Crippen LogP contribution is 2.38. The first-order valence-corrected chi connectivity index (χ1v) is 7.59. The monoisotopic (exact) mass is 313 g/mol. The normalized spacial score (nSPS) is 27.6. The number of fused-ring (bicyclic) bond motifs is 1. The Kier molecular flexibility index (Phi) is 5.47. The van der Waals surface area contributed by atoms with Gasteiger partial charge in [0.25, 0.3) is 0 Å². The van der Waals surface area contributed by atoms with Crippen molar-refractivity contribution in [3.8, 4) is 0 Å². The minimum absolute atomic E-state index is 0. The number of ether oxygens (including phenoxy) is 1. The van der Waals surface area contributed by atoms with Crippen LogP contribution in [0.25, 0.3) is 0 Å². The van der Waals surface area contributed by atoms with Crippen LogP contribution in [0.2, 0.25) is 0 Å². The fourth-order valence-electron chi connectivity index (χ4n) is 3.73. The number of halogens is 1. The summed E-state index contributed by atoms with van der Waals surface area (Å²) < 4.78 is 5.33. The molecule has 0 spiro atoms. The van der Waals surface area contributed by atoms with Crippen molar-refractivity contribution in [2.75, 3.05) is 19.7 Å². The smallest absolute Gasteiger partial charge is 0.147 e. The maximum absolute atomic E-state index is 12.3. The van der Waals surface area contributed by atoms with E-state index in [0.29, 0.717) is 18.9 Å². The van der Waals surface area contributed by atoms with Crippen LogP contribution in [0, 0.1) is 11.8 Å². The summed E-state index contributed by atoms with van der Waals surface area (Å²) in [6, 6.07) is 0. The van der Waals surface area contributed by atoms with Crippen LogP contribution in [0.4, 0.5) is 0 Å². The lowest BCUT2D eigenvalue weighted by Crippen LogP contribution is -2.36. The van der Waals surface area contributed by atoms with Crippen LogP contribution >= 0.6 is 12.4 Å². The highest BCUT2D eigenvalue weighted by atomic mass is 35.5. The van der Waals surface area contributed by atoms with Gasteiger partial charge >= 0.3 is 0 Å². The molecule has 2 atom stereocenters. The number of aliphatic hydroxyl groups excluding tert-OH is 1. The highest BCUT2D eigenvalue weighted by molar-refractivity contribution is 5.90. The van der Waals surface area contributed by atoms with Gasteiger partial charge in [-0.15, -0.1) is 12.4 Å². The number of rotatable bonds is 3. The van der Waals surface area contributed by atoms with Crippen LogP contribution in [0.15, 0.2) is 23.0 Å². The molecule has 2 unspecified atom stereocenters. The van der Waals surface area contributed by atoms with E-state index in [9.17, 15) is 9.90 Å². The van der Waals surface area contributed by atoms with E-state index in [2.05, 4.69) is 5.32 Å². The fourth-order valence-corrected chi connectivity index (χ4v) is 3.73. The molecule has 3 aliphatic rings. The van der Waals surface area contributed by atoms with E-state index >= 15 is 0 Å². The van der Waals surface area contributed by atoms with Gasteiger partial charge in [-0.2, -0.15) is 0 Å². The van der Waals surface area contributed by atoms with Gasteiger partial charge in [0.05, 0.1) is 18.3 Å². The summed E-state index contributed by atoms with van der Waals surface area (Å²) in [4.78, 5) is 12.3. The van der Waals surface area contributed by atoms with E-state index in [1.165, 1.54) is 0 Å². The molecule has 1 fully saturated rings. The quantitative estimate of drug-likeness (QED) is 0.836. The summed E-state index contributed by atoms with van der Waals surface area (Å²) >= 11 is 0. The number of carbonyl (C=O) groups is 1. The van der Waals surface area contributed by atoms with Crippen LogP contribution in [0.1, 0.15) is 32.6 Å². The molecule has 0 aromatic heterocycles. The Balaban J connectivity index is 0.00000161. The second kappa shape index (κ2) is 6.95. The van der Waals surface area contributed by atoms with E-state index in [1.807, 2.05) is 6.92 Å². The molecule has 0 radical (unpaired) electrons. The van der Waals surface area contributed by atoms with E-state index in [4.69, 9.17) is 4.74 Å². The maximum Gasteiger partial charge on any atom is 0.147 e. The van der Waals surface area contributed by atoms with Gasteiger partial charge in [0.1, 0.15) is 12.4 Å². The summed E-state index contributed by atoms with van der Waals surface area (Å²) in [6.45, 7) is 4.59. The highest BCUT2D eigenvalue weighted by Gasteiger charge is 2.37. The molecule has 4 nitrogen and oxygen atoms in total. The molecular weight excluding hydrogens is 290 g/mol. The zero-order valence-electron chi connectivity index (χ0n) is 12.4. The van der Waals surface area contributed by atoms with Crippen molar-refractivity contribution in [3.05, 3.63) is 23.0 Å². The zero-order chi connectivity index (χ0) is 14.1. The number of carbonyl (C=O) groups excluding carboxylic acids is 1. The Hall–Kier alpha value is -0.840. The van der Waals surface area contributed by atoms with Crippen molar-refractivity contribution in [1.29, 1.82) is 0 Å². The topological polar surface area (TPSA) is 58.6 Å². The van der Waals surface area contributed by atoms with Gasteiger partial charge in [0.2, 0.25) is 0 Å². The van der Waals surface area contributed by atoms with Crippen LogP contribution in [-0.2, 0) is 9.53 Å². The number of piperidine rings is 1. The van der Waals surface area contributed by atoms with Crippen LogP contribution in [0.3, 0.4) is 0 Å². The zero-order valence-corrected chi connectivity index (χ0v) is 13.2. The summed E-state index contributed by atoms with van der Waals surface area (Å²) in [5.74, 6) is 0.358. The Labute approximate surface area is 132 Å². The lowest BCUT2D eigenvalue weighted by molar-refractivity contribution is -0.124. The van der Waals surface area contributed by atoms with Gasteiger partial charge in [-0.1, -0.05) is 5.57 Å². The molecule has 1 saturated heterocycles. The average Bonchev–Trinajstić information content (AvgIpc) is 2.88. The first kappa shape index (κ1) is 16.5. The number of nitrogens with one attached hydrogen (secondary N) is 1. The molecule has 2 heterocycles. The van der Waals surface area contributed by atoms with Crippen LogP contribution in [-0.4, -0.2) is 36.7 Å². The fraction of sp³-hybridized carbons (Fsp3) is 0.688. The molecule has 1 aliphatic carbocycles. The predicted molar refractivity (Wildman–Crippen MR) is 83.3 cm³/mol. The van der Waals surface area contributed by atoms with E-state index < -0.39 is 6.10 Å². The number of ketones is 1. The molecule has 118 valence electrons. The standard InChI is InChI=1S/C16H23NO3.ClH/c1-10-13-9-20-8-12(13)7-15(19)16(10)14(18)6-11-2-4-17-5-3-11;/h8,11,14,16-18H,2-7,9H2,1H3;1H. The summed E-state index contributed by atoms with van der Waals surface area (Å²) in [7, 11) is 0. The molecule has 2 aliphatic heterocycles. The minimum atomic E-state index is -0.541. The summed E-state index contributed by atoms with van der Waals surface area (Å²) in [5, 5.41) is 13.9. The summed E-state index contributed by atoms with van der Waals surface area (Å²) in [6.07, 6.45) is 4.51. The van der Waals surface area contributed by atoms with Gasteiger partial charge in [0.15, 0.2) is 0 Å². The Morgan fingerprint density at radius 2 is 2.14 bits per heavy atom. The predicted octanol–water partition coefficient (Wildman–Crippen LogP) is 1.98. The first-order chi connectivity index (χ1) is 9.66. The largest absolute Gasteiger partial charge is 0.496 e.